The Morgan fingerprint density at radius 2 is 2.19 bits per heavy atom. The fourth-order valence-electron chi connectivity index (χ4n) is 2.12. The number of thiazole rings is 1. The molecule has 1 aromatic heterocycles. The van der Waals surface area contributed by atoms with Crippen molar-refractivity contribution in [1.29, 1.82) is 0 Å². The lowest BCUT2D eigenvalue weighted by atomic mass is 9.97. The highest BCUT2D eigenvalue weighted by molar-refractivity contribution is 7.09. The van der Waals surface area contributed by atoms with E-state index < -0.39 is 6.43 Å². The van der Waals surface area contributed by atoms with Gasteiger partial charge >= 0.3 is 0 Å². The molecule has 5 heteroatoms. The number of likely N-dealkylation sites (tertiary alicyclic amines) is 1. The first-order valence-corrected chi connectivity index (χ1v) is 6.45. The second kappa shape index (κ2) is 5.19. The molecule has 2 rings (SSSR count). The molecule has 2 heterocycles. The van der Waals surface area contributed by atoms with Crippen LogP contribution in [0.15, 0.2) is 5.38 Å². The predicted molar refractivity (Wildman–Crippen MR) is 61.3 cm³/mol. The number of halogens is 2. The Morgan fingerprint density at radius 3 is 2.69 bits per heavy atom. The maximum absolute atomic E-state index is 12.2. The normalized spacial score (nSPS) is 19.5. The van der Waals surface area contributed by atoms with Crippen molar-refractivity contribution >= 4 is 11.3 Å². The Balaban J connectivity index is 1.85. The van der Waals surface area contributed by atoms with E-state index in [2.05, 4.69) is 10.4 Å². The van der Waals surface area contributed by atoms with E-state index in [-0.39, 0.29) is 6.54 Å². The van der Waals surface area contributed by atoms with Gasteiger partial charge in [-0.3, -0.25) is 4.90 Å². The quantitative estimate of drug-likeness (QED) is 0.815. The van der Waals surface area contributed by atoms with E-state index in [0.29, 0.717) is 5.92 Å². The van der Waals surface area contributed by atoms with Crippen LogP contribution in [0.5, 0.6) is 0 Å². The van der Waals surface area contributed by atoms with E-state index >= 15 is 0 Å². The monoisotopic (exact) mass is 246 g/mol. The maximum atomic E-state index is 12.2. The average Bonchev–Trinajstić information content (AvgIpc) is 2.65. The van der Waals surface area contributed by atoms with Crippen molar-refractivity contribution in [3.63, 3.8) is 0 Å². The third-order valence-corrected chi connectivity index (χ3v) is 4.09. The van der Waals surface area contributed by atoms with Crippen LogP contribution in [0.2, 0.25) is 0 Å². The van der Waals surface area contributed by atoms with Crippen molar-refractivity contribution in [1.82, 2.24) is 9.88 Å². The van der Waals surface area contributed by atoms with Crippen molar-refractivity contribution in [2.75, 3.05) is 19.6 Å². The van der Waals surface area contributed by atoms with Gasteiger partial charge in [0.2, 0.25) is 0 Å². The van der Waals surface area contributed by atoms with Gasteiger partial charge in [-0.15, -0.1) is 11.3 Å². The van der Waals surface area contributed by atoms with E-state index in [0.717, 1.165) is 31.6 Å². The van der Waals surface area contributed by atoms with Crippen LogP contribution in [0, 0.1) is 6.92 Å². The van der Waals surface area contributed by atoms with Gasteiger partial charge in [-0.2, -0.15) is 0 Å². The third kappa shape index (κ3) is 2.98. The third-order valence-electron chi connectivity index (χ3n) is 2.97. The molecule has 0 spiro atoms. The van der Waals surface area contributed by atoms with Crippen LogP contribution in [0.4, 0.5) is 8.78 Å². The molecule has 1 saturated heterocycles. The minimum absolute atomic E-state index is 0.0797. The van der Waals surface area contributed by atoms with Crippen LogP contribution in [0.1, 0.15) is 29.5 Å². The molecule has 0 unspecified atom stereocenters. The number of aryl methyl sites for hydroxylation is 1. The Bertz CT molecular complexity index is 332. The summed E-state index contributed by atoms with van der Waals surface area (Å²) in [6.45, 7) is 3.46. The summed E-state index contributed by atoms with van der Waals surface area (Å²) >= 11 is 1.69. The number of piperidine rings is 1. The molecule has 90 valence electrons. The van der Waals surface area contributed by atoms with Crippen LogP contribution < -0.4 is 0 Å². The van der Waals surface area contributed by atoms with E-state index in [1.807, 2.05) is 11.8 Å². The molecular weight excluding hydrogens is 230 g/mol. The number of hydrogen-bond donors (Lipinski definition) is 0. The molecule has 1 aliphatic rings. The van der Waals surface area contributed by atoms with Crippen LogP contribution in [0.25, 0.3) is 0 Å². The average molecular weight is 246 g/mol. The first-order chi connectivity index (χ1) is 7.65. The van der Waals surface area contributed by atoms with Gasteiger partial charge < -0.3 is 0 Å². The summed E-state index contributed by atoms with van der Waals surface area (Å²) < 4.78 is 24.4. The van der Waals surface area contributed by atoms with Gasteiger partial charge in [-0.1, -0.05) is 0 Å². The molecule has 0 aliphatic carbocycles. The second-order valence-corrected chi connectivity index (χ2v) is 5.18. The lowest BCUT2D eigenvalue weighted by molar-refractivity contribution is 0.0754. The summed E-state index contributed by atoms with van der Waals surface area (Å²) in [6.07, 6.45) is -0.294. The summed E-state index contributed by atoms with van der Waals surface area (Å²) in [5.74, 6) is 0.479. The molecule has 1 aromatic rings. The van der Waals surface area contributed by atoms with Crippen molar-refractivity contribution in [3.8, 4) is 0 Å². The van der Waals surface area contributed by atoms with Crippen molar-refractivity contribution in [2.24, 2.45) is 0 Å². The number of nitrogens with zero attached hydrogens (tertiary/aromatic N) is 2. The molecule has 0 N–H and O–H groups in total. The molecule has 0 saturated carbocycles. The van der Waals surface area contributed by atoms with E-state index in [4.69, 9.17) is 0 Å². The lowest BCUT2D eigenvalue weighted by Gasteiger charge is -2.30. The summed E-state index contributed by atoms with van der Waals surface area (Å²) in [7, 11) is 0. The van der Waals surface area contributed by atoms with Gasteiger partial charge in [0, 0.05) is 17.0 Å². The first kappa shape index (κ1) is 11.9. The fraction of sp³-hybridized carbons (Fsp3) is 0.727. The summed E-state index contributed by atoms with van der Waals surface area (Å²) in [6, 6.07) is 0. The molecule has 1 fully saturated rings. The maximum Gasteiger partial charge on any atom is 0.251 e. The predicted octanol–water partition coefficient (Wildman–Crippen LogP) is 2.90. The van der Waals surface area contributed by atoms with Crippen LogP contribution in [-0.2, 0) is 0 Å². The summed E-state index contributed by atoms with van der Waals surface area (Å²) in [5, 5.41) is 3.23. The molecule has 0 atom stereocenters. The zero-order chi connectivity index (χ0) is 11.5. The number of hydrogen-bond acceptors (Lipinski definition) is 3. The molecule has 0 aromatic carbocycles. The summed E-state index contributed by atoms with van der Waals surface area (Å²) in [4.78, 5) is 6.32. The molecule has 0 bridgehead atoms. The molecule has 1 aliphatic heterocycles. The second-order valence-electron chi connectivity index (χ2n) is 4.29. The fourth-order valence-corrected chi connectivity index (χ4v) is 3.09. The first-order valence-electron chi connectivity index (χ1n) is 5.57. The van der Waals surface area contributed by atoms with Gasteiger partial charge in [0.05, 0.1) is 11.6 Å². The summed E-state index contributed by atoms with van der Waals surface area (Å²) in [5.41, 5.74) is 1.06. The van der Waals surface area contributed by atoms with Crippen molar-refractivity contribution in [2.45, 2.75) is 32.1 Å². The molecule has 2 nitrogen and oxygen atoms in total. The minimum Gasteiger partial charge on any atom is -0.298 e. The number of alkyl halides is 2. The zero-order valence-corrected chi connectivity index (χ0v) is 10.1. The topological polar surface area (TPSA) is 16.1 Å². The van der Waals surface area contributed by atoms with Crippen molar-refractivity contribution < 1.29 is 8.78 Å². The van der Waals surface area contributed by atoms with Crippen LogP contribution in [-0.4, -0.2) is 35.9 Å². The highest BCUT2D eigenvalue weighted by Crippen LogP contribution is 2.30. The number of rotatable bonds is 3. The van der Waals surface area contributed by atoms with Gasteiger partial charge in [-0.25, -0.2) is 13.8 Å². The molecular formula is C11H16F2N2S. The number of aromatic nitrogens is 1. The van der Waals surface area contributed by atoms with E-state index in [1.165, 1.54) is 5.01 Å². The highest BCUT2D eigenvalue weighted by atomic mass is 32.1. The van der Waals surface area contributed by atoms with Crippen LogP contribution >= 0.6 is 11.3 Å². The van der Waals surface area contributed by atoms with E-state index in [9.17, 15) is 8.78 Å². The minimum atomic E-state index is -2.21. The molecule has 16 heavy (non-hydrogen) atoms. The van der Waals surface area contributed by atoms with Gasteiger partial charge in [-0.05, 0) is 32.9 Å². The Kier molecular flexibility index (Phi) is 3.86. The standard InChI is InChI=1S/C11H16F2N2S/c1-8-7-16-11(14-8)9-2-4-15(5-3-9)6-10(12)13/h7,9-10H,2-6H2,1H3. The van der Waals surface area contributed by atoms with Gasteiger partial charge in [0.15, 0.2) is 0 Å². The lowest BCUT2D eigenvalue weighted by Crippen LogP contribution is -2.36. The molecule has 0 radical (unpaired) electrons. The highest BCUT2D eigenvalue weighted by Gasteiger charge is 2.23. The zero-order valence-electron chi connectivity index (χ0n) is 9.33. The molecule has 0 amide bonds. The Labute approximate surface area is 98.3 Å². The SMILES string of the molecule is Cc1csc(C2CCN(CC(F)F)CC2)n1. The largest absolute Gasteiger partial charge is 0.298 e. The van der Waals surface area contributed by atoms with Crippen molar-refractivity contribution in [3.05, 3.63) is 16.1 Å². The van der Waals surface area contributed by atoms with E-state index in [1.54, 1.807) is 11.3 Å². The van der Waals surface area contributed by atoms with Gasteiger partial charge in [0.1, 0.15) is 0 Å². The smallest absolute Gasteiger partial charge is 0.251 e. The van der Waals surface area contributed by atoms with Gasteiger partial charge in [0.25, 0.3) is 6.43 Å². The Morgan fingerprint density at radius 1 is 1.50 bits per heavy atom. The van der Waals surface area contributed by atoms with Crippen LogP contribution in [0.3, 0.4) is 0 Å². The Hall–Kier alpha value is -0.550.